The van der Waals surface area contributed by atoms with Crippen LogP contribution in [0.4, 0.5) is 0 Å². The van der Waals surface area contributed by atoms with Crippen LogP contribution in [0.15, 0.2) is 0 Å². The van der Waals surface area contributed by atoms with Gasteiger partial charge in [0.15, 0.2) is 0 Å². The highest BCUT2D eigenvalue weighted by Crippen LogP contribution is 2.82. The zero-order valence-electron chi connectivity index (χ0n) is 21.2. The number of piperidine rings is 1. The van der Waals surface area contributed by atoms with Gasteiger partial charge in [-0.3, -0.25) is 4.90 Å². The minimum absolute atomic E-state index is 0.0240. The summed E-state index contributed by atoms with van der Waals surface area (Å²) in [7, 11) is 7.32. The van der Waals surface area contributed by atoms with Crippen LogP contribution < -0.4 is 0 Å². The number of likely N-dealkylation sites (tertiary alicyclic amines) is 1. The van der Waals surface area contributed by atoms with Gasteiger partial charge >= 0.3 is 0 Å². The van der Waals surface area contributed by atoms with E-state index in [2.05, 4.69) is 11.8 Å². The zero-order valence-corrected chi connectivity index (χ0v) is 21.2. The number of hydrogen-bond donors (Lipinski definition) is 1. The van der Waals surface area contributed by atoms with Gasteiger partial charge in [-0.15, -0.1) is 0 Å². The van der Waals surface area contributed by atoms with Crippen LogP contribution in [0.5, 0.6) is 0 Å². The van der Waals surface area contributed by atoms with E-state index in [0.29, 0.717) is 18.4 Å². The molecule has 0 radical (unpaired) electrons. The van der Waals surface area contributed by atoms with Gasteiger partial charge < -0.3 is 33.5 Å². The fourth-order valence-corrected chi connectivity index (χ4v) is 11.7. The summed E-state index contributed by atoms with van der Waals surface area (Å²) in [5, 5.41) is 12.6. The van der Waals surface area contributed by atoms with Gasteiger partial charge in [0, 0.05) is 70.0 Å². The highest BCUT2D eigenvalue weighted by Gasteiger charge is 2.93. The number of likely N-dealkylation sites (N-methyl/N-ethyl adjacent to an activating group) is 1. The van der Waals surface area contributed by atoms with E-state index in [1.807, 2.05) is 21.3 Å². The van der Waals surface area contributed by atoms with Crippen molar-refractivity contribution in [2.24, 2.45) is 34.5 Å². The molecule has 13 atom stereocenters. The Kier molecular flexibility index (Phi) is 4.81. The molecule has 7 aliphatic rings. The third-order valence-electron chi connectivity index (χ3n) is 12.0. The molecule has 192 valence electrons. The summed E-state index contributed by atoms with van der Waals surface area (Å²) in [5.74, 6) is 0.813. The molecule has 0 aromatic rings. The van der Waals surface area contributed by atoms with Gasteiger partial charge in [-0.25, -0.2) is 0 Å². The molecule has 0 aromatic heterocycles. The topological polar surface area (TPSA) is 78.9 Å². The third-order valence-corrected chi connectivity index (χ3v) is 12.0. The SMILES string of the molecule is CCN1C[C@@]2(COC)CC[C@H](OC)[C@]34[C@@H]1[C@@]1(OCO[C@@]15C[C@@H](OC)[C@H]1C[C@H]3[C@H]5[C@@H]1OC)[C@H](O)[C@@H]24. The lowest BCUT2D eigenvalue weighted by Gasteiger charge is -2.70. The van der Waals surface area contributed by atoms with Gasteiger partial charge in [-0.2, -0.15) is 0 Å². The van der Waals surface area contributed by atoms with E-state index in [9.17, 15) is 5.11 Å². The molecule has 0 amide bonds. The van der Waals surface area contributed by atoms with Crippen molar-refractivity contribution in [1.82, 2.24) is 4.90 Å². The van der Waals surface area contributed by atoms with Crippen molar-refractivity contribution in [2.45, 2.75) is 74.3 Å². The molecule has 1 N–H and O–H groups in total. The van der Waals surface area contributed by atoms with Crippen LogP contribution in [-0.4, -0.2) is 107 Å². The van der Waals surface area contributed by atoms with E-state index >= 15 is 0 Å². The van der Waals surface area contributed by atoms with Crippen molar-refractivity contribution >= 4 is 0 Å². The third kappa shape index (κ3) is 2.05. The van der Waals surface area contributed by atoms with E-state index in [1.165, 1.54) is 0 Å². The molecule has 7 bridgehead atoms. The predicted molar refractivity (Wildman–Crippen MR) is 121 cm³/mol. The summed E-state index contributed by atoms with van der Waals surface area (Å²) < 4.78 is 38.3. The molecule has 2 aliphatic heterocycles. The average molecular weight is 480 g/mol. The number of nitrogens with zero attached hydrogens (tertiary/aromatic N) is 1. The van der Waals surface area contributed by atoms with Gasteiger partial charge in [0.25, 0.3) is 0 Å². The van der Waals surface area contributed by atoms with Gasteiger partial charge in [0.2, 0.25) is 0 Å². The Balaban J connectivity index is 1.55. The van der Waals surface area contributed by atoms with Crippen molar-refractivity contribution in [3.05, 3.63) is 0 Å². The lowest BCUT2D eigenvalue weighted by Crippen LogP contribution is -2.81. The Hall–Kier alpha value is -0.320. The van der Waals surface area contributed by atoms with Crippen LogP contribution >= 0.6 is 0 Å². The minimum Gasteiger partial charge on any atom is -0.390 e. The largest absolute Gasteiger partial charge is 0.390 e. The zero-order chi connectivity index (χ0) is 23.7. The fourth-order valence-electron chi connectivity index (χ4n) is 11.7. The number of aliphatic hydroxyl groups is 1. The smallest absolute Gasteiger partial charge is 0.148 e. The highest BCUT2D eigenvalue weighted by atomic mass is 16.7. The van der Waals surface area contributed by atoms with Crippen LogP contribution in [0.25, 0.3) is 0 Å². The van der Waals surface area contributed by atoms with Crippen molar-refractivity contribution in [3.8, 4) is 0 Å². The first-order valence-electron chi connectivity index (χ1n) is 13.2. The normalized spacial score (nSPS) is 61.1. The van der Waals surface area contributed by atoms with Crippen molar-refractivity contribution in [2.75, 3.05) is 54.9 Å². The summed E-state index contributed by atoms with van der Waals surface area (Å²) in [6, 6.07) is 0.0378. The number of hydrogen-bond acceptors (Lipinski definition) is 8. The fraction of sp³-hybridized carbons (Fsp3) is 1.00. The second-order valence-electron chi connectivity index (χ2n) is 12.2. The number of methoxy groups -OCH3 is 4. The number of aliphatic hydroxyl groups excluding tert-OH is 1. The van der Waals surface area contributed by atoms with Gasteiger partial charge in [0.05, 0.1) is 37.1 Å². The predicted octanol–water partition coefficient (Wildman–Crippen LogP) is 1.29. The van der Waals surface area contributed by atoms with Crippen LogP contribution in [0.3, 0.4) is 0 Å². The van der Waals surface area contributed by atoms with Crippen molar-refractivity contribution in [3.63, 3.8) is 0 Å². The molecule has 8 nitrogen and oxygen atoms in total. The Bertz CT molecular complexity index is 859. The Morgan fingerprint density at radius 2 is 1.91 bits per heavy atom. The molecule has 7 rings (SSSR count). The van der Waals surface area contributed by atoms with E-state index in [4.69, 9.17) is 28.4 Å². The Morgan fingerprint density at radius 3 is 2.59 bits per heavy atom. The van der Waals surface area contributed by atoms with Crippen molar-refractivity contribution in [1.29, 1.82) is 0 Å². The number of fused-ring (bicyclic) bond motifs is 1. The Morgan fingerprint density at radius 1 is 1.09 bits per heavy atom. The van der Waals surface area contributed by atoms with Crippen LogP contribution in [-0.2, 0) is 28.4 Å². The first-order chi connectivity index (χ1) is 16.5. The number of rotatable bonds is 6. The molecule has 5 aliphatic carbocycles. The second-order valence-corrected chi connectivity index (χ2v) is 12.2. The highest BCUT2D eigenvalue weighted by molar-refractivity contribution is 5.42. The van der Waals surface area contributed by atoms with E-state index in [-0.39, 0.29) is 53.8 Å². The minimum atomic E-state index is -0.825. The van der Waals surface area contributed by atoms with Crippen LogP contribution in [0, 0.1) is 34.5 Å². The standard InChI is InChI=1S/C26H41NO7/c1-6-27-11-23(12-29-2)8-7-17(31-4)25-15-9-14-16(30-3)10-24(18(15)19(14)32-5)26(22(25)27,34-13-33-24)21(28)20(23)25/h14-22,28H,6-13H2,1-5H3/t14-,15+,16-,17+,18+,19-,20+,21-,22-,23-,24-,25-,26+/m1/s1. The summed E-state index contributed by atoms with van der Waals surface area (Å²) in [5.41, 5.74) is -1.83. The maximum atomic E-state index is 12.6. The second kappa shape index (κ2) is 7.16. The van der Waals surface area contributed by atoms with E-state index in [1.54, 1.807) is 7.11 Å². The molecule has 2 saturated heterocycles. The molecule has 0 aromatic carbocycles. The van der Waals surface area contributed by atoms with Crippen LogP contribution in [0.2, 0.25) is 0 Å². The molecular weight excluding hydrogens is 438 g/mol. The van der Waals surface area contributed by atoms with Gasteiger partial charge in [-0.05, 0) is 31.7 Å². The lowest BCUT2D eigenvalue weighted by molar-refractivity contribution is -0.287. The summed E-state index contributed by atoms with van der Waals surface area (Å²) in [4.78, 5) is 2.61. The van der Waals surface area contributed by atoms with Crippen LogP contribution in [0.1, 0.15) is 32.6 Å². The van der Waals surface area contributed by atoms with E-state index in [0.717, 1.165) is 38.8 Å². The molecule has 0 unspecified atom stereocenters. The van der Waals surface area contributed by atoms with E-state index < -0.39 is 17.3 Å². The van der Waals surface area contributed by atoms with Crippen molar-refractivity contribution < 1.29 is 33.5 Å². The molecule has 2 heterocycles. The number of ether oxygens (including phenoxy) is 6. The van der Waals surface area contributed by atoms with Gasteiger partial charge in [0.1, 0.15) is 18.0 Å². The molecule has 5 saturated carbocycles. The molecular formula is C26H41NO7. The first kappa shape index (κ1) is 22.8. The maximum absolute atomic E-state index is 12.6. The summed E-state index contributed by atoms with van der Waals surface area (Å²) in [6.07, 6.45) is 3.20. The average Bonchev–Trinajstić information content (AvgIpc) is 3.42. The monoisotopic (exact) mass is 479 g/mol. The summed E-state index contributed by atoms with van der Waals surface area (Å²) in [6.45, 7) is 4.93. The quantitative estimate of drug-likeness (QED) is 0.611. The van der Waals surface area contributed by atoms with Gasteiger partial charge in [-0.1, -0.05) is 6.92 Å². The molecule has 34 heavy (non-hydrogen) atoms. The molecule has 3 spiro atoms. The Labute approximate surface area is 202 Å². The summed E-state index contributed by atoms with van der Waals surface area (Å²) >= 11 is 0. The molecule has 7 fully saturated rings. The maximum Gasteiger partial charge on any atom is 0.148 e. The first-order valence-corrected chi connectivity index (χ1v) is 13.2. The molecule has 8 heteroatoms. The lowest BCUT2D eigenvalue weighted by atomic mass is 9.42.